The highest BCUT2D eigenvalue weighted by atomic mass is 16.5. The molecular formula is C23H20N2O2. The molecule has 0 saturated carbocycles. The molecule has 0 aliphatic carbocycles. The minimum atomic E-state index is 0.0235. The molecule has 0 atom stereocenters. The van der Waals surface area contributed by atoms with Crippen molar-refractivity contribution < 1.29 is 9.53 Å². The Labute approximate surface area is 158 Å². The number of ketones is 1. The summed E-state index contributed by atoms with van der Waals surface area (Å²) in [6.07, 6.45) is 3.77. The lowest BCUT2D eigenvalue weighted by Crippen LogP contribution is -2.10. The zero-order chi connectivity index (χ0) is 18.8. The van der Waals surface area contributed by atoms with E-state index in [9.17, 15) is 4.79 Å². The summed E-state index contributed by atoms with van der Waals surface area (Å²) in [4.78, 5) is 17.4. The standard InChI is InChI=1S/C23H20N2O2/c1-16-8-10-18(11-9-16)23(26)20-6-4-12-25(20)15-17-13-19-5-3-7-21(27-2)22(19)24-14-17/h3-14H,15H2,1-2H3. The molecule has 2 heterocycles. The van der Waals surface area contributed by atoms with E-state index in [4.69, 9.17) is 4.74 Å². The zero-order valence-corrected chi connectivity index (χ0v) is 15.3. The van der Waals surface area contributed by atoms with Gasteiger partial charge in [0.1, 0.15) is 11.3 Å². The van der Waals surface area contributed by atoms with Crippen LogP contribution in [-0.2, 0) is 6.54 Å². The third kappa shape index (κ3) is 3.34. The van der Waals surface area contributed by atoms with Crippen LogP contribution in [0.5, 0.6) is 5.75 Å². The van der Waals surface area contributed by atoms with Gasteiger partial charge in [0.15, 0.2) is 0 Å². The smallest absolute Gasteiger partial charge is 0.209 e. The van der Waals surface area contributed by atoms with Crippen LogP contribution in [0.4, 0.5) is 0 Å². The largest absolute Gasteiger partial charge is 0.494 e. The molecule has 4 aromatic rings. The molecule has 0 amide bonds. The van der Waals surface area contributed by atoms with E-state index in [0.717, 1.165) is 27.8 Å². The van der Waals surface area contributed by atoms with Crippen LogP contribution >= 0.6 is 0 Å². The number of benzene rings is 2. The second-order valence-electron chi connectivity index (χ2n) is 6.59. The number of ether oxygens (including phenoxy) is 1. The molecule has 134 valence electrons. The van der Waals surface area contributed by atoms with Crippen LogP contribution in [0.2, 0.25) is 0 Å². The molecule has 0 aliphatic heterocycles. The fourth-order valence-corrected chi connectivity index (χ4v) is 3.24. The summed E-state index contributed by atoms with van der Waals surface area (Å²) < 4.78 is 7.33. The maximum absolute atomic E-state index is 12.9. The highest BCUT2D eigenvalue weighted by molar-refractivity contribution is 6.08. The molecule has 4 heteroatoms. The Morgan fingerprint density at radius 3 is 2.67 bits per heavy atom. The van der Waals surface area contributed by atoms with Gasteiger partial charge in [-0.15, -0.1) is 0 Å². The van der Waals surface area contributed by atoms with Crippen LogP contribution < -0.4 is 4.74 Å². The third-order valence-electron chi connectivity index (χ3n) is 4.68. The van der Waals surface area contributed by atoms with E-state index in [1.807, 2.05) is 78.5 Å². The molecule has 27 heavy (non-hydrogen) atoms. The van der Waals surface area contributed by atoms with Gasteiger partial charge in [-0.1, -0.05) is 42.0 Å². The minimum absolute atomic E-state index is 0.0235. The molecule has 2 aromatic heterocycles. The zero-order valence-electron chi connectivity index (χ0n) is 15.3. The first-order valence-corrected chi connectivity index (χ1v) is 8.84. The number of hydrogen-bond acceptors (Lipinski definition) is 3. The Kier molecular flexibility index (Phi) is 4.47. The van der Waals surface area contributed by atoms with Gasteiger partial charge in [0.2, 0.25) is 5.78 Å². The number of carbonyl (C=O) groups is 1. The predicted molar refractivity (Wildman–Crippen MR) is 106 cm³/mol. The average molecular weight is 356 g/mol. The molecule has 2 aromatic carbocycles. The van der Waals surface area contributed by atoms with Gasteiger partial charge >= 0.3 is 0 Å². The van der Waals surface area contributed by atoms with Gasteiger partial charge in [-0.2, -0.15) is 0 Å². The molecule has 0 saturated heterocycles. The molecule has 4 rings (SSSR count). The van der Waals surface area contributed by atoms with Crippen molar-refractivity contribution in [3.05, 3.63) is 95.4 Å². The maximum atomic E-state index is 12.9. The van der Waals surface area contributed by atoms with Crippen molar-refractivity contribution in [1.29, 1.82) is 0 Å². The fraction of sp³-hybridized carbons (Fsp3) is 0.130. The number of nitrogens with zero attached hydrogens (tertiary/aromatic N) is 2. The van der Waals surface area contributed by atoms with Crippen LogP contribution in [0.25, 0.3) is 10.9 Å². The lowest BCUT2D eigenvalue weighted by atomic mass is 10.1. The highest BCUT2D eigenvalue weighted by Crippen LogP contribution is 2.24. The Morgan fingerprint density at radius 1 is 1.07 bits per heavy atom. The second kappa shape index (κ2) is 7.08. The molecule has 0 bridgehead atoms. The summed E-state index contributed by atoms with van der Waals surface area (Å²) in [5.41, 5.74) is 4.38. The van der Waals surface area contributed by atoms with Crippen molar-refractivity contribution in [1.82, 2.24) is 9.55 Å². The van der Waals surface area contributed by atoms with Gasteiger partial charge in [-0.05, 0) is 36.8 Å². The SMILES string of the molecule is COc1cccc2cc(Cn3cccc3C(=O)c3ccc(C)cc3)cnc12. The van der Waals surface area contributed by atoms with Gasteiger partial charge in [0, 0.05) is 29.9 Å². The molecule has 0 spiro atoms. The van der Waals surface area contributed by atoms with Crippen LogP contribution in [0, 0.1) is 6.92 Å². The Hall–Kier alpha value is -3.40. The molecular weight excluding hydrogens is 336 g/mol. The summed E-state index contributed by atoms with van der Waals surface area (Å²) in [7, 11) is 1.65. The quantitative estimate of drug-likeness (QED) is 0.490. The van der Waals surface area contributed by atoms with Crippen LogP contribution in [0.1, 0.15) is 27.2 Å². The first-order chi connectivity index (χ1) is 13.2. The van der Waals surface area contributed by atoms with Gasteiger partial charge in [-0.25, -0.2) is 0 Å². The summed E-state index contributed by atoms with van der Waals surface area (Å²) in [5, 5.41) is 1.02. The lowest BCUT2D eigenvalue weighted by molar-refractivity contribution is 0.103. The molecule has 0 radical (unpaired) electrons. The summed E-state index contributed by atoms with van der Waals surface area (Å²) in [6.45, 7) is 2.60. The summed E-state index contributed by atoms with van der Waals surface area (Å²) in [5.74, 6) is 0.783. The molecule has 4 nitrogen and oxygen atoms in total. The Morgan fingerprint density at radius 2 is 1.89 bits per heavy atom. The van der Waals surface area contributed by atoms with Gasteiger partial charge in [-0.3, -0.25) is 9.78 Å². The molecule has 0 aliphatic rings. The van der Waals surface area contributed by atoms with Crippen molar-refractivity contribution in [2.24, 2.45) is 0 Å². The number of fused-ring (bicyclic) bond motifs is 1. The van der Waals surface area contributed by atoms with Crippen molar-refractivity contribution in [3.8, 4) is 5.75 Å². The lowest BCUT2D eigenvalue weighted by Gasteiger charge is -2.10. The number of pyridine rings is 1. The molecule has 0 fully saturated rings. The monoisotopic (exact) mass is 356 g/mol. The molecule has 0 unspecified atom stereocenters. The van der Waals surface area contributed by atoms with E-state index in [-0.39, 0.29) is 5.78 Å². The summed E-state index contributed by atoms with van der Waals surface area (Å²) >= 11 is 0. The van der Waals surface area contributed by atoms with Crippen LogP contribution in [-0.4, -0.2) is 22.4 Å². The van der Waals surface area contributed by atoms with Gasteiger partial charge in [0.25, 0.3) is 0 Å². The number of aromatic nitrogens is 2. The van der Waals surface area contributed by atoms with E-state index in [1.165, 1.54) is 0 Å². The number of aryl methyl sites for hydroxylation is 1. The maximum Gasteiger partial charge on any atom is 0.209 e. The van der Waals surface area contributed by atoms with Gasteiger partial charge in [0.05, 0.1) is 12.8 Å². The van der Waals surface area contributed by atoms with Crippen molar-refractivity contribution in [3.63, 3.8) is 0 Å². The van der Waals surface area contributed by atoms with E-state index in [2.05, 4.69) is 11.1 Å². The fourth-order valence-electron chi connectivity index (χ4n) is 3.24. The van der Waals surface area contributed by atoms with Crippen molar-refractivity contribution in [2.75, 3.05) is 7.11 Å². The van der Waals surface area contributed by atoms with E-state index >= 15 is 0 Å². The number of para-hydroxylation sites is 1. The topological polar surface area (TPSA) is 44.1 Å². The average Bonchev–Trinajstić information content (AvgIpc) is 3.15. The normalized spacial score (nSPS) is 10.9. The van der Waals surface area contributed by atoms with E-state index in [0.29, 0.717) is 17.8 Å². The summed E-state index contributed by atoms with van der Waals surface area (Å²) in [6, 6.07) is 19.4. The minimum Gasteiger partial charge on any atom is -0.494 e. The first-order valence-electron chi connectivity index (χ1n) is 8.84. The second-order valence-corrected chi connectivity index (χ2v) is 6.59. The molecule has 0 N–H and O–H groups in total. The highest BCUT2D eigenvalue weighted by Gasteiger charge is 2.14. The number of hydrogen-bond donors (Lipinski definition) is 0. The first kappa shape index (κ1) is 17.0. The van der Waals surface area contributed by atoms with Crippen LogP contribution in [0.3, 0.4) is 0 Å². The Bertz CT molecular complexity index is 1110. The number of methoxy groups -OCH3 is 1. The van der Waals surface area contributed by atoms with Crippen molar-refractivity contribution >= 4 is 16.7 Å². The van der Waals surface area contributed by atoms with E-state index in [1.54, 1.807) is 7.11 Å². The third-order valence-corrected chi connectivity index (χ3v) is 4.68. The van der Waals surface area contributed by atoms with Crippen molar-refractivity contribution in [2.45, 2.75) is 13.5 Å². The van der Waals surface area contributed by atoms with E-state index < -0.39 is 0 Å². The van der Waals surface area contributed by atoms with Crippen LogP contribution in [0.15, 0.2) is 73.1 Å². The number of rotatable bonds is 5. The number of carbonyl (C=O) groups excluding carboxylic acids is 1. The van der Waals surface area contributed by atoms with Gasteiger partial charge < -0.3 is 9.30 Å². The predicted octanol–water partition coefficient (Wildman–Crippen LogP) is 4.63. The Balaban J connectivity index is 1.64.